The molecular formula is C17H18BrN3O2. The summed E-state index contributed by atoms with van der Waals surface area (Å²) in [5, 5.41) is 5.80. The Bertz CT molecular complexity index is 750. The van der Waals surface area contributed by atoms with Gasteiger partial charge in [-0.1, -0.05) is 12.1 Å². The van der Waals surface area contributed by atoms with Gasteiger partial charge in [-0.3, -0.25) is 9.59 Å². The molecule has 0 bridgehead atoms. The van der Waals surface area contributed by atoms with Gasteiger partial charge in [-0.25, -0.2) is 0 Å². The first-order valence-electron chi connectivity index (χ1n) is 7.65. The number of carbonyl (C=O) groups excluding carboxylic acids is 2. The lowest BCUT2D eigenvalue weighted by Gasteiger charge is -2.12. The van der Waals surface area contributed by atoms with Crippen LogP contribution in [0.3, 0.4) is 0 Å². The third-order valence-electron chi connectivity index (χ3n) is 3.77. The van der Waals surface area contributed by atoms with Crippen molar-refractivity contribution in [3.05, 3.63) is 52.3 Å². The number of benzene rings is 1. The van der Waals surface area contributed by atoms with Crippen LogP contribution < -0.4 is 10.6 Å². The highest BCUT2D eigenvalue weighted by atomic mass is 79.9. The number of aryl methyl sites for hydroxylation is 1. The predicted octanol–water partition coefficient (Wildman–Crippen LogP) is 3.42. The van der Waals surface area contributed by atoms with Crippen molar-refractivity contribution in [1.29, 1.82) is 0 Å². The van der Waals surface area contributed by atoms with Crippen LogP contribution in [0.1, 0.15) is 40.6 Å². The normalized spacial score (nSPS) is 13.7. The first-order chi connectivity index (χ1) is 11.1. The zero-order valence-corrected chi connectivity index (χ0v) is 14.4. The quantitative estimate of drug-likeness (QED) is 0.840. The second-order valence-corrected chi connectivity index (χ2v) is 6.49. The van der Waals surface area contributed by atoms with Gasteiger partial charge in [-0.15, -0.1) is 0 Å². The number of nitrogens with zero attached hydrogens (tertiary/aromatic N) is 1. The summed E-state index contributed by atoms with van der Waals surface area (Å²) in [4.78, 5) is 24.8. The van der Waals surface area contributed by atoms with Crippen molar-refractivity contribution < 1.29 is 9.59 Å². The molecule has 6 heteroatoms. The van der Waals surface area contributed by atoms with Gasteiger partial charge < -0.3 is 15.2 Å². The first-order valence-corrected chi connectivity index (χ1v) is 8.44. The third kappa shape index (κ3) is 3.64. The Kier molecular flexibility index (Phi) is 4.52. The fraction of sp³-hybridized carbons (Fsp3) is 0.294. The van der Waals surface area contributed by atoms with Gasteiger partial charge in [0.25, 0.3) is 11.8 Å². The molecule has 0 aliphatic heterocycles. The van der Waals surface area contributed by atoms with Crippen LogP contribution in [0.4, 0.5) is 5.69 Å². The summed E-state index contributed by atoms with van der Waals surface area (Å²) in [7, 11) is 0. The Labute approximate surface area is 143 Å². The molecule has 1 aromatic heterocycles. The van der Waals surface area contributed by atoms with Gasteiger partial charge in [-0.05, 0) is 53.9 Å². The van der Waals surface area contributed by atoms with Crippen LogP contribution in [-0.2, 0) is 6.54 Å². The van der Waals surface area contributed by atoms with E-state index in [0.29, 0.717) is 23.5 Å². The number of nitrogens with one attached hydrogen (secondary N) is 2. The van der Waals surface area contributed by atoms with E-state index in [4.69, 9.17) is 0 Å². The molecule has 1 aromatic carbocycles. The van der Waals surface area contributed by atoms with Crippen molar-refractivity contribution in [3.63, 3.8) is 0 Å². The maximum Gasteiger partial charge on any atom is 0.272 e. The average Bonchev–Trinajstić information content (AvgIpc) is 3.26. The maximum atomic E-state index is 12.5. The van der Waals surface area contributed by atoms with E-state index < -0.39 is 0 Å². The second-order valence-electron chi connectivity index (χ2n) is 5.58. The molecule has 23 heavy (non-hydrogen) atoms. The number of halogens is 1. The van der Waals surface area contributed by atoms with Gasteiger partial charge in [0, 0.05) is 23.3 Å². The highest BCUT2D eigenvalue weighted by Gasteiger charge is 2.25. The van der Waals surface area contributed by atoms with Crippen LogP contribution in [0.25, 0.3) is 0 Å². The molecule has 1 aliphatic rings. The lowest BCUT2D eigenvalue weighted by atomic mass is 10.1. The fourth-order valence-corrected chi connectivity index (χ4v) is 2.86. The lowest BCUT2D eigenvalue weighted by molar-refractivity contribution is 0.0952. The lowest BCUT2D eigenvalue weighted by Crippen LogP contribution is -2.27. The number of carbonyl (C=O) groups is 2. The van der Waals surface area contributed by atoms with E-state index in [0.717, 1.165) is 17.3 Å². The van der Waals surface area contributed by atoms with Gasteiger partial charge in [0.15, 0.2) is 0 Å². The number of anilines is 1. The highest BCUT2D eigenvalue weighted by molar-refractivity contribution is 9.10. The van der Waals surface area contributed by atoms with Crippen molar-refractivity contribution in [2.75, 3.05) is 5.32 Å². The van der Waals surface area contributed by atoms with Gasteiger partial charge in [0.05, 0.1) is 11.3 Å². The highest BCUT2D eigenvalue weighted by Crippen LogP contribution is 2.22. The number of hydrogen-bond donors (Lipinski definition) is 2. The summed E-state index contributed by atoms with van der Waals surface area (Å²) in [6.07, 6.45) is 3.91. The summed E-state index contributed by atoms with van der Waals surface area (Å²) in [6, 6.07) is 9.11. The molecule has 1 aliphatic carbocycles. The summed E-state index contributed by atoms with van der Waals surface area (Å²) in [5.74, 6) is -0.375. The minimum absolute atomic E-state index is 0.143. The summed E-state index contributed by atoms with van der Waals surface area (Å²) < 4.78 is 2.70. The summed E-state index contributed by atoms with van der Waals surface area (Å²) >= 11 is 3.38. The van der Waals surface area contributed by atoms with E-state index in [1.807, 2.05) is 17.7 Å². The summed E-state index contributed by atoms with van der Waals surface area (Å²) in [5.41, 5.74) is 1.56. The molecular weight excluding hydrogens is 358 g/mol. The van der Waals surface area contributed by atoms with E-state index in [1.54, 1.807) is 30.3 Å². The Morgan fingerprint density at radius 1 is 1.26 bits per heavy atom. The van der Waals surface area contributed by atoms with Crippen molar-refractivity contribution in [2.45, 2.75) is 32.4 Å². The van der Waals surface area contributed by atoms with Crippen LogP contribution in [0.15, 0.2) is 41.0 Å². The largest absolute Gasteiger partial charge is 0.349 e. The average molecular weight is 376 g/mol. The molecule has 2 N–H and O–H groups in total. The van der Waals surface area contributed by atoms with Crippen molar-refractivity contribution >= 4 is 33.4 Å². The fourth-order valence-electron chi connectivity index (χ4n) is 2.39. The smallest absolute Gasteiger partial charge is 0.272 e. The van der Waals surface area contributed by atoms with Gasteiger partial charge in [0.2, 0.25) is 0 Å². The number of hydrogen-bond acceptors (Lipinski definition) is 2. The molecule has 2 aromatic rings. The molecule has 120 valence electrons. The molecule has 3 rings (SSSR count). The molecule has 0 unspecified atom stereocenters. The van der Waals surface area contributed by atoms with Crippen LogP contribution >= 0.6 is 15.9 Å². The minimum Gasteiger partial charge on any atom is -0.349 e. The van der Waals surface area contributed by atoms with E-state index in [-0.39, 0.29) is 17.9 Å². The Hall–Kier alpha value is -2.08. The van der Waals surface area contributed by atoms with Crippen molar-refractivity contribution in [2.24, 2.45) is 0 Å². The standard InChI is InChI=1S/C17H18BrN3O2/c1-2-21-10-11(18)9-15(21)17(23)20-14-6-4-3-5-13(14)16(22)19-12-7-8-12/h3-6,9-10,12H,2,7-8H2,1H3,(H,19,22)(H,20,23). The zero-order chi connectivity index (χ0) is 16.4. The molecule has 1 fully saturated rings. The zero-order valence-electron chi connectivity index (χ0n) is 12.8. The van der Waals surface area contributed by atoms with Crippen LogP contribution in [0.2, 0.25) is 0 Å². The number of para-hydroxylation sites is 1. The topological polar surface area (TPSA) is 63.1 Å². The van der Waals surface area contributed by atoms with E-state index >= 15 is 0 Å². The van der Waals surface area contributed by atoms with Crippen molar-refractivity contribution in [3.8, 4) is 0 Å². The Morgan fingerprint density at radius 2 is 2.00 bits per heavy atom. The molecule has 0 saturated heterocycles. The predicted molar refractivity (Wildman–Crippen MR) is 92.7 cm³/mol. The molecule has 1 saturated carbocycles. The van der Waals surface area contributed by atoms with Gasteiger partial charge in [-0.2, -0.15) is 0 Å². The number of aromatic nitrogens is 1. The Balaban J connectivity index is 1.81. The van der Waals surface area contributed by atoms with Crippen LogP contribution in [0, 0.1) is 0 Å². The molecule has 1 heterocycles. The first kappa shape index (κ1) is 15.8. The van der Waals surface area contributed by atoms with Crippen molar-refractivity contribution in [1.82, 2.24) is 9.88 Å². The molecule has 5 nitrogen and oxygen atoms in total. The van der Waals surface area contributed by atoms with E-state index in [9.17, 15) is 9.59 Å². The minimum atomic E-state index is -0.232. The molecule has 0 atom stereocenters. The third-order valence-corrected chi connectivity index (χ3v) is 4.20. The molecule has 0 radical (unpaired) electrons. The Morgan fingerprint density at radius 3 is 2.70 bits per heavy atom. The number of rotatable bonds is 5. The molecule has 2 amide bonds. The van der Waals surface area contributed by atoms with Gasteiger partial charge >= 0.3 is 0 Å². The van der Waals surface area contributed by atoms with E-state index in [1.165, 1.54) is 0 Å². The maximum absolute atomic E-state index is 12.5. The van der Waals surface area contributed by atoms with Crippen LogP contribution in [0.5, 0.6) is 0 Å². The monoisotopic (exact) mass is 375 g/mol. The second kappa shape index (κ2) is 6.58. The van der Waals surface area contributed by atoms with Crippen LogP contribution in [-0.4, -0.2) is 22.4 Å². The number of amides is 2. The SMILES string of the molecule is CCn1cc(Br)cc1C(=O)Nc1ccccc1C(=O)NC1CC1. The summed E-state index contributed by atoms with van der Waals surface area (Å²) in [6.45, 7) is 2.67. The van der Waals surface area contributed by atoms with E-state index in [2.05, 4.69) is 26.6 Å². The molecule has 0 spiro atoms. The van der Waals surface area contributed by atoms with Gasteiger partial charge in [0.1, 0.15) is 5.69 Å².